The Morgan fingerprint density at radius 1 is 1.00 bits per heavy atom. The molecule has 1 aliphatic rings. The van der Waals surface area contributed by atoms with Crippen LogP contribution in [-0.2, 0) is 24.0 Å². The van der Waals surface area contributed by atoms with Gasteiger partial charge < -0.3 is 20.7 Å². The van der Waals surface area contributed by atoms with Gasteiger partial charge in [-0.15, -0.1) is 0 Å². The van der Waals surface area contributed by atoms with Crippen molar-refractivity contribution in [3.8, 4) is 0 Å². The van der Waals surface area contributed by atoms with E-state index in [1.165, 1.54) is 16.7 Å². The van der Waals surface area contributed by atoms with E-state index < -0.39 is 5.60 Å². The Morgan fingerprint density at radius 2 is 1.67 bits per heavy atom. The Bertz CT molecular complexity index is 901. The van der Waals surface area contributed by atoms with E-state index in [0.717, 1.165) is 37.1 Å². The van der Waals surface area contributed by atoms with Gasteiger partial charge in [-0.3, -0.25) is 0 Å². The van der Waals surface area contributed by atoms with Crippen LogP contribution in [-0.4, -0.2) is 23.8 Å². The average Bonchev–Trinajstić information content (AvgIpc) is 2.67. The molecular weight excluding hydrogens is 378 g/mol. The molecule has 6 nitrogen and oxygen atoms in total. The minimum absolute atomic E-state index is 0.0561. The Morgan fingerprint density at radius 3 is 2.33 bits per heavy atom. The lowest BCUT2D eigenvalue weighted by molar-refractivity contribution is 0.0500. The molecule has 0 saturated heterocycles. The molecule has 0 saturated carbocycles. The summed E-state index contributed by atoms with van der Waals surface area (Å²) in [7, 11) is 0. The lowest BCUT2D eigenvalue weighted by Crippen LogP contribution is -2.41. The van der Waals surface area contributed by atoms with Crippen LogP contribution in [0.3, 0.4) is 0 Å². The summed E-state index contributed by atoms with van der Waals surface area (Å²) in [4.78, 5) is 24.3. The summed E-state index contributed by atoms with van der Waals surface area (Å²) >= 11 is 0. The molecule has 0 heterocycles. The second-order valence-corrected chi connectivity index (χ2v) is 8.70. The number of alkyl carbamates (subject to hydrolysis) is 1. The summed E-state index contributed by atoms with van der Waals surface area (Å²) < 4.78 is 5.35. The highest BCUT2D eigenvalue weighted by Gasteiger charge is 2.23. The van der Waals surface area contributed by atoms with Gasteiger partial charge in [0, 0.05) is 17.4 Å². The molecule has 160 valence electrons. The van der Waals surface area contributed by atoms with E-state index in [1.807, 2.05) is 63.2 Å². The summed E-state index contributed by atoms with van der Waals surface area (Å²) in [6, 6.07) is 13.6. The largest absolute Gasteiger partial charge is 0.444 e. The molecule has 6 heteroatoms. The van der Waals surface area contributed by atoms with Crippen molar-refractivity contribution < 1.29 is 14.3 Å². The van der Waals surface area contributed by atoms with Crippen LogP contribution < -0.4 is 16.0 Å². The summed E-state index contributed by atoms with van der Waals surface area (Å²) in [6.07, 6.45) is 3.02. The van der Waals surface area contributed by atoms with Crippen molar-refractivity contribution in [2.45, 2.75) is 65.0 Å². The van der Waals surface area contributed by atoms with Crippen LogP contribution in [0.1, 0.15) is 50.8 Å². The zero-order valence-corrected chi connectivity index (χ0v) is 18.2. The fourth-order valence-corrected chi connectivity index (χ4v) is 3.55. The molecule has 1 atom stereocenters. The predicted octanol–water partition coefficient (Wildman–Crippen LogP) is 5.28. The summed E-state index contributed by atoms with van der Waals surface area (Å²) in [6.45, 7) is 7.66. The quantitative estimate of drug-likeness (QED) is 0.643. The van der Waals surface area contributed by atoms with E-state index in [9.17, 15) is 9.59 Å². The first-order valence-electron chi connectivity index (χ1n) is 10.5. The molecule has 0 spiro atoms. The fraction of sp³-hybridized carbons (Fsp3) is 0.417. The van der Waals surface area contributed by atoms with E-state index in [1.54, 1.807) is 0 Å². The molecule has 0 radical (unpaired) electrons. The number of ether oxygens (including phenoxy) is 1. The van der Waals surface area contributed by atoms with Crippen molar-refractivity contribution in [2.24, 2.45) is 0 Å². The monoisotopic (exact) mass is 409 g/mol. The van der Waals surface area contributed by atoms with Gasteiger partial charge in [-0.2, -0.15) is 0 Å². The first kappa shape index (κ1) is 21.7. The molecule has 0 unspecified atom stereocenters. The number of nitrogens with one attached hydrogen (secondary N) is 3. The van der Waals surface area contributed by atoms with Crippen molar-refractivity contribution in [3.63, 3.8) is 0 Å². The van der Waals surface area contributed by atoms with E-state index >= 15 is 0 Å². The summed E-state index contributed by atoms with van der Waals surface area (Å²) in [5, 5.41) is 8.71. The molecule has 3 N–H and O–H groups in total. The highest BCUT2D eigenvalue weighted by Crippen LogP contribution is 2.25. The van der Waals surface area contributed by atoms with Crippen molar-refractivity contribution in [3.05, 3.63) is 59.2 Å². The fourth-order valence-electron chi connectivity index (χ4n) is 3.55. The smallest absolute Gasteiger partial charge is 0.407 e. The van der Waals surface area contributed by atoms with Crippen LogP contribution >= 0.6 is 0 Å². The number of fused-ring (bicyclic) bond motifs is 1. The Kier molecular flexibility index (Phi) is 6.65. The maximum Gasteiger partial charge on any atom is 0.407 e. The van der Waals surface area contributed by atoms with Crippen LogP contribution in [0.2, 0.25) is 0 Å². The van der Waals surface area contributed by atoms with Gasteiger partial charge in [0.2, 0.25) is 0 Å². The zero-order valence-electron chi connectivity index (χ0n) is 18.2. The number of aryl methyl sites for hydroxylation is 2. The standard InChI is InChI=1S/C24H31N3O3/c1-5-16-6-10-19(11-7-16)25-22(28)26-20-12-8-18-15-21(13-9-17(18)14-20)27-23(29)30-24(2,3)4/h6-8,10-12,14,21H,5,9,13,15H2,1-4H3,(H,27,29)(H2,25,26,28)/t21-/m0/s1. The first-order chi connectivity index (χ1) is 14.2. The molecule has 0 aliphatic heterocycles. The lowest BCUT2D eigenvalue weighted by atomic mass is 9.88. The highest BCUT2D eigenvalue weighted by atomic mass is 16.6. The molecule has 0 bridgehead atoms. The Hall–Kier alpha value is -3.02. The number of benzene rings is 2. The average molecular weight is 410 g/mol. The minimum Gasteiger partial charge on any atom is -0.444 e. The van der Waals surface area contributed by atoms with Gasteiger partial charge in [-0.05, 0) is 87.4 Å². The van der Waals surface area contributed by atoms with Gasteiger partial charge in [0.1, 0.15) is 5.60 Å². The lowest BCUT2D eigenvalue weighted by Gasteiger charge is -2.27. The van der Waals surface area contributed by atoms with Crippen LogP contribution in [0.15, 0.2) is 42.5 Å². The molecule has 3 rings (SSSR count). The third kappa shape index (κ3) is 6.24. The number of urea groups is 1. The normalized spacial score (nSPS) is 15.7. The first-order valence-corrected chi connectivity index (χ1v) is 10.5. The van der Waals surface area contributed by atoms with E-state index in [-0.39, 0.29) is 18.2 Å². The topological polar surface area (TPSA) is 79.5 Å². The van der Waals surface area contributed by atoms with Gasteiger partial charge in [0.25, 0.3) is 0 Å². The third-order valence-electron chi connectivity index (χ3n) is 5.03. The second kappa shape index (κ2) is 9.20. The van der Waals surface area contributed by atoms with Crippen molar-refractivity contribution in [1.29, 1.82) is 0 Å². The second-order valence-electron chi connectivity index (χ2n) is 8.70. The van der Waals surface area contributed by atoms with E-state index in [2.05, 4.69) is 22.9 Å². The third-order valence-corrected chi connectivity index (χ3v) is 5.03. The van der Waals surface area contributed by atoms with Crippen LogP contribution in [0, 0.1) is 0 Å². The van der Waals surface area contributed by atoms with Gasteiger partial charge in [-0.1, -0.05) is 25.1 Å². The molecule has 3 amide bonds. The number of amides is 3. The molecule has 0 fully saturated rings. The number of carbonyl (C=O) groups excluding carboxylic acids is 2. The van der Waals surface area contributed by atoms with Crippen LogP contribution in [0.25, 0.3) is 0 Å². The number of hydrogen-bond donors (Lipinski definition) is 3. The molecule has 1 aliphatic carbocycles. The maximum atomic E-state index is 12.3. The van der Waals surface area contributed by atoms with Gasteiger partial charge in [0.05, 0.1) is 0 Å². The predicted molar refractivity (Wildman–Crippen MR) is 120 cm³/mol. The minimum atomic E-state index is -0.504. The number of carbonyl (C=O) groups is 2. The summed E-state index contributed by atoms with van der Waals surface area (Å²) in [5.41, 5.74) is 4.63. The molecule has 2 aromatic carbocycles. The van der Waals surface area contributed by atoms with Gasteiger partial charge in [-0.25, -0.2) is 9.59 Å². The number of anilines is 2. The molecule has 30 heavy (non-hydrogen) atoms. The summed E-state index contributed by atoms with van der Waals surface area (Å²) in [5.74, 6) is 0. The van der Waals surface area contributed by atoms with Gasteiger partial charge >= 0.3 is 12.1 Å². The van der Waals surface area contributed by atoms with Crippen LogP contribution in [0.4, 0.5) is 21.0 Å². The Balaban J connectivity index is 1.55. The van der Waals surface area contributed by atoms with Crippen LogP contribution in [0.5, 0.6) is 0 Å². The Labute approximate surface area is 178 Å². The number of rotatable bonds is 4. The SMILES string of the molecule is CCc1ccc(NC(=O)Nc2ccc3c(c2)CC[C@H](NC(=O)OC(C)(C)C)C3)cc1. The molecular formula is C24H31N3O3. The van der Waals surface area contributed by atoms with Crippen molar-refractivity contribution >= 4 is 23.5 Å². The number of hydrogen-bond acceptors (Lipinski definition) is 3. The highest BCUT2D eigenvalue weighted by molar-refractivity contribution is 5.99. The molecule has 0 aromatic heterocycles. The molecule has 2 aromatic rings. The van der Waals surface area contributed by atoms with E-state index in [4.69, 9.17) is 4.74 Å². The van der Waals surface area contributed by atoms with Gasteiger partial charge in [0.15, 0.2) is 0 Å². The van der Waals surface area contributed by atoms with Crippen molar-refractivity contribution in [2.75, 3.05) is 10.6 Å². The van der Waals surface area contributed by atoms with Crippen molar-refractivity contribution in [1.82, 2.24) is 5.32 Å². The van der Waals surface area contributed by atoms with E-state index in [0.29, 0.717) is 0 Å². The maximum absolute atomic E-state index is 12.3. The zero-order chi connectivity index (χ0) is 21.7.